The molecule has 0 aliphatic carbocycles. The summed E-state index contributed by atoms with van der Waals surface area (Å²) in [6, 6.07) is 11.9. The molecular formula is C15H16INO. The van der Waals surface area contributed by atoms with Crippen molar-refractivity contribution in [1.82, 2.24) is 4.98 Å². The van der Waals surface area contributed by atoms with Crippen LogP contribution >= 0.6 is 22.6 Å². The van der Waals surface area contributed by atoms with Gasteiger partial charge in [0.05, 0.1) is 0 Å². The molecule has 1 aromatic carbocycles. The van der Waals surface area contributed by atoms with Crippen LogP contribution in [0.5, 0.6) is 11.6 Å². The van der Waals surface area contributed by atoms with Gasteiger partial charge >= 0.3 is 0 Å². The lowest BCUT2D eigenvalue weighted by Gasteiger charge is -2.18. The fourth-order valence-electron chi connectivity index (χ4n) is 1.51. The van der Waals surface area contributed by atoms with Crippen LogP contribution in [-0.4, -0.2) is 4.98 Å². The van der Waals surface area contributed by atoms with Crippen molar-refractivity contribution in [3.8, 4) is 11.6 Å². The third-order valence-corrected chi connectivity index (χ3v) is 3.36. The maximum Gasteiger partial charge on any atom is 0.219 e. The Bertz CT molecular complexity index is 512. The highest BCUT2D eigenvalue weighted by molar-refractivity contribution is 14.1. The van der Waals surface area contributed by atoms with Gasteiger partial charge in [0.25, 0.3) is 0 Å². The molecule has 18 heavy (non-hydrogen) atoms. The fourth-order valence-corrected chi connectivity index (χ4v) is 1.87. The van der Waals surface area contributed by atoms with Gasteiger partial charge in [-0.15, -0.1) is 0 Å². The average Bonchev–Trinajstić information content (AvgIpc) is 2.32. The zero-order valence-corrected chi connectivity index (χ0v) is 12.9. The summed E-state index contributed by atoms with van der Waals surface area (Å²) < 4.78 is 6.88. The van der Waals surface area contributed by atoms with Gasteiger partial charge in [-0.2, -0.15) is 0 Å². The van der Waals surface area contributed by atoms with Crippen LogP contribution in [0.1, 0.15) is 26.3 Å². The summed E-state index contributed by atoms with van der Waals surface area (Å²) in [5.41, 5.74) is 1.33. The van der Waals surface area contributed by atoms with Gasteiger partial charge in [0.15, 0.2) is 0 Å². The molecule has 0 bridgehead atoms. The number of aromatic nitrogens is 1. The van der Waals surface area contributed by atoms with Crippen molar-refractivity contribution < 1.29 is 4.74 Å². The first-order chi connectivity index (χ1) is 8.45. The molecule has 94 valence electrons. The normalized spacial score (nSPS) is 11.3. The van der Waals surface area contributed by atoms with Crippen LogP contribution < -0.4 is 4.74 Å². The number of halogens is 1. The zero-order chi connectivity index (χ0) is 13.2. The first-order valence-electron chi connectivity index (χ1n) is 5.85. The van der Waals surface area contributed by atoms with Crippen LogP contribution in [0.25, 0.3) is 0 Å². The summed E-state index contributed by atoms with van der Waals surface area (Å²) in [6.07, 6.45) is 1.88. The van der Waals surface area contributed by atoms with E-state index in [4.69, 9.17) is 4.74 Å². The van der Waals surface area contributed by atoms with Gasteiger partial charge in [0.1, 0.15) is 5.75 Å². The van der Waals surface area contributed by atoms with Crippen LogP contribution in [0.3, 0.4) is 0 Å². The second-order valence-electron chi connectivity index (χ2n) is 5.19. The Labute approximate surface area is 122 Å². The largest absolute Gasteiger partial charge is 0.439 e. The molecule has 0 unspecified atom stereocenters. The summed E-state index contributed by atoms with van der Waals surface area (Å²) in [4.78, 5) is 4.34. The molecular weight excluding hydrogens is 337 g/mol. The van der Waals surface area contributed by atoms with Gasteiger partial charge in [-0.3, -0.25) is 0 Å². The second kappa shape index (κ2) is 5.26. The Balaban J connectivity index is 2.13. The van der Waals surface area contributed by atoms with E-state index in [1.165, 1.54) is 9.13 Å². The standard InChI is InChI=1S/C15H16INO/c1-15(2,3)11-4-9-14(17-10-11)18-13-7-5-12(16)6-8-13/h4-10H,1-3H3. The first kappa shape index (κ1) is 13.3. The predicted octanol–water partition coefficient (Wildman–Crippen LogP) is 4.78. The third-order valence-electron chi connectivity index (χ3n) is 2.64. The van der Waals surface area contributed by atoms with Crippen molar-refractivity contribution in [1.29, 1.82) is 0 Å². The molecule has 0 saturated carbocycles. The van der Waals surface area contributed by atoms with Crippen molar-refractivity contribution in [3.05, 3.63) is 51.7 Å². The van der Waals surface area contributed by atoms with Crippen LogP contribution in [0, 0.1) is 3.57 Å². The SMILES string of the molecule is CC(C)(C)c1ccc(Oc2ccc(I)cc2)nc1. The van der Waals surface area contributed by atoms with Crippen LogP contribution in [-0.2, 0) is 5.41 Å². The maximum atomic E-state index is 5.69. The van der Waals surface area contributed by atoms with E-state index in [0.717, 1.165) is 5.75 Å². The minimum atomic E-state index is 0.119. The number of nitrogens with zero attached hydrogens (tertiary/aromatic N) is 1. The molecule has 0 N–H and O–H groups in total. The molecule has 1 heterocycles. The number of rotatable bonds is 2. The molecule has 0 aliphatic heterocycles. The number of hydrogen-bond donors (Lipinski definition) is 0. The van der Waals surface area contributed by atoms with Crippen molar-refractivity contribution >= 4 is 22.6 Å². The molecule has 0 atom stereocenters. The summed E-state index contributed by atoms with van der Waals surface area (Å²) in [5.74, 6) is 1.44. The van der Waals surface area contributed by atoms with E-state index >= 15 is 0 Å². The highest BCUT2D eigenvalue weighted by Crippen LogP contribution is 2.25. The smallest absolute Gasteiger partial charge is 0.219 e. The second-order valence-corrected chi connectivity index (χ2v) is 6.44. The van der Waals surface area contributed by atoms with Crippen LogP contribution in [0.4, 0.5) is 0 Å². The molecule has 0 spiro atoms. The van der Waals surface area contributed by atoms with E-state index in [-0.39, 0.29) is 5.41 Å². The number of ether oxygens (including phenoxy) is 1. The Kier molecular flexibility index (Phi) is 3.90. The van der Waals surface area contributed by atoms with Crippen molar-refractivity contribution in [2.75, 3.05) is 0 Å². The first-order valence-corrected chi connectivity index (χ1v) is 6.93. The summed E-state index contributed by atoms with van der Waals surface area (Å²) in [6.45, 7) is 6.51. The van der Waals surface area contributed by atoms with Crippen LogP contribution in [0.15, 0.2) is 42.6 Å². The summed E-state index contributed by atoms with van der Waals surface area (Å²) in [7, 11) is 0. The number of benzene rings is 1. The highest BCUT2D eigenvalue weighted by Gasteiger charge is 2.13. The lowest BCUT2D eigenvalue weighted by Crippen LogP contribution is -2.11. The van der Waals surface area contributed by atoms with E-state index in [1.807, 2.05) is 36.5 Å². The third kappa shape index (κ3) is 3.45. The summed E-state index contributed by atoms with van der Waals surface area (Å²) in [5, 5.41) is 0. The van der Waals surface area contributed by atoms with Crippen LogP contribution in [0.2, 0.25) is 0 Å². The predicted molar refractivity (Wildman–Crippen MR) is 82.2 cm³/mol. The lowest BCUT2D eigenvalue weighted by atomic mass is 9.88. The molecule has 0 fully saturated rings. The van der Waals surface area contributed by atoms with Gasteiger partial charge in [-0.25, -0.2) is 4.98 Å². The topological polar surface area (TPSA) is 22.1 Å². The Hall–Kier alpha value is -1.10. The minimum absolute atomic E-state index is 0.119. The van der Waals surface area contributed by atoms with E-state index in [2.05, 4.69) is 54.4 Å². The van der Waals surface area contributed by atoms with E-state index in [9.17, 15) is 0 Å². The molecule has 2 nitrogen and oxygen atoms in total. The Morgan fingerprint density at radius 3 is 2.17 bits per heavy atom. The fraction of sp³-hybridized carbons (Fsp3) is 0.267. The molecule has 0 saturated heterocycles. The summed E-state index contributed by atoms with van der Waals surface area (Å²) >= 11 is 2.27. The molecule has 2 rings (SSSR count). The van der Waals surface area contributed by atoms with E-state index in [0.29, 0.717) is 5.88 Å². The average molecular weight is 353 g/mol. The van der Waals surface area contributed by atoms with E-state index in [1.54, 1.807) is 0 Å². The molecule has 3 heteroatoms. The molecule has 1 aromatic heterocycles. The van der Waals surface area contributed by atoms with Gasteiger partial charge in [0.2, 0.25) is 5.88 Å². The van der Waals surface area contributed by atoms with E-state index < -0.39 is 0 Å². The zero-order valence-electron chi connectivity index (χ0n) is 10.8. The molecule has 0 radical (unpaired) electrons. The van der Waals surface area contributed by atoms with Gasteiger partial charge < -0.3 is 4.74 Å². The minimum Gasteiger partial charge on any atom is -0.439 e. The Morgan fingerprint density at radius 2 is 1.67 bits per heavy atom. The Morgan fingerprint density at radius 1 is 1.00 bits per heavy atom. The van der Waals surface area contributed by atoms with Crippen molar-refractivity contribution in [2.24, 2.45) is 0 Å². The molecule has 0 aliphatic rings. The van der Waals surface area contributed by atoms with Crippen molar-refractivity contribution in [3.63, 3.8) is 0 Å². The quantitative estimate of drug-likeness (QED) is 0.726. The van der Waals surface area contributed by atoms with Gasteiger partial charge in [-0.1, -0.05) is 26.8 Å². The lowest BCUT2D eigenvalue weighted by molar-refractivity contribution is 0.460. The van der Waals surface area contributed by atoms with Gasteiger partial charge in [-0.05, 0) is 57.8 Å². The van der Waals surface area contributed by atoms with Gasteiger partial charge in [0, 0.05) is 15.8 Å². The maximum absolute atomic E-state index is 5.69. The number of pyridine rings is 1. The molecule has 0 amide bonds. The highest BCUT2D eigenvalue weighted by atomic mass is 127. The molecule has 2 aromatic rings. The van der Waals surface area contributed by atoms with Crippen molar-refractivity contribution in [2.45, 2.75) is 26.2 Å². The monoisotopic (exact) mass is 353 g/mol. The number of hydrogen-bond acceptors (Lipinski definition) is 2.